The van der Waals surface area contributed by atoms with Gasteiger partial charge in [-0.25, -0.2) is 0 Å². The van der Waals surface area contributed by atoms with Crippen molar-refractivity contribution < 1.29 is 63.0 Å². The second-order valence-corrected chi connectivity index (χ2v) is 22.6. The van der Waals surface area contributed by atoms with E-state index in [2.05, 4.69) is 77.6 Å². The maximum Gasteiger partial charge on any atom is 0.245 e. The third-order valence-electron chi connectivity index (χ3n) is 14.7. The van der Waals surface area contributed by atoms with Crippen LogP contribution in [-0.4, -0.2) is 194 Å². The predicted octanol–water partition coefficient (Wildman–Crippen LogP) is -4.59. The zero-order valence-electron chi connectivity index (χ0n) is 51.8. The molecule has 492 valence electrons. The third-order valence-corrected chi connectivity index (χ3v) is 14.7. The molecule has 29 nitrogen and oxygen atoms in total. The Labute approximate surface area is 511 Å². The Hall–Kier alpha value is -6.89. The largest absolute Gasteiger partial charge is 0.391 e. The van der Waals surface area contributed by atoms with Gasteiger partial charge < -0.3 is 96.9 Å². The lowest BCUT2D eigenvalue weighted by atomic mass is 10.00. The van der Waals surface area contributed by atoms with Crippen molar-refractivity contribution in [3.05, 3.63) is 35.9 Å². The summed E-state index contributed by atoms with van der Waals surface area (Å²) in [7, 11) is 0. The van der Waals surface area contributed by atoms with Gasteiger partial charge in [-0.2, -0.15) is 0 Å². The van der Waals surface area contributed by atoms with Gasteiger partial charge in [0.05, 0.1) is 12.2 Å². The van der Waals surface area contributed by atoms with Gasteiger partial charge in [0.1, 0.15) is 60.4 Å². The lowest BCUT2D eigenvalue weighted by molar-refractivity contribution is -0.137. The highest BCUT2D eigenvalue weighted by Gasteiger charge is 2.37. The molecule has 2 rings (SSSR count). The number of carbonyl (C=O) groups excluding carboxylic acids is 11. The van der Waals surface area contributed by atoms with E-state index in [1.54, 1.807) is 44.2 Å². The first kappa shape index (κ1) is 76.2. The Balaban J connectivity index is 2.68. The minimum Gasteiger partial charge on any atom is -0.391 e. The van der Waals surface area contributed by atoms with E-state index in [1.165, 1.54) is 13.8 Å². The van der Waals surface area contributed by atoms with Crippen molar-refractivity contribution in [2.75, 3.05) is 45.8 Å². The smallest absolute Gasteiger partial charge is 0.245 e. The van der Waals surface area contributed by atoms with Crippen LogP contribution in [0.4, 0.5) is 0 Å². The molecule has 1 aliphatic rings. The van der Waals surface area contributed by atoms with Crippen LogP contribution in [0, 0.1) is 11.8 Å². The summed E-state index contributed by atoms with van der Waals surface area (Å²) in [4.78, 5) is 155. The molecule has 1 fully saturated rings. The molecule has 13 atom stereocenters. The number of aliphatic hydroxyl groups is 2. The van der Waals surface area contributed by atoms with Crippen molar-refractivity contribution in [1.29, 1.82) is 0 Å². The molecule has 1 unspecified atom stereocenters. The Morgan fingerprint density at radius 2 is 1.11 bits per heavy atom. The number of amides is 11. The second kappa shape index (κ2) is 41.3. The van der Waals surface area contributed by atoms with Gasteiger partial charge in [-0.15, -0.1) is 0 Å². The van der Waals surface area contributed by atoms with E-state index >= 15 is 0 Å². The molecule has 0 aromatic heterocycles. The zero-order chi connectivity index (χ0) is 65.2. The minimum atomic E-state index is -1.69. The molecular formula is C58H102N16O13. The minimum absolute atomic E-state index is 0.0472. The monoisotopic (exact) mass is 1230 g/mol. The SMILES string of the molecule is CCNCC[C@H](NC(=O)CCCCC(C)CC)C(=O)N[C@H](C(=O)N[C@@H](CCN)C(=O)N[C@H]1CCNC(=O)[C@H]([C@@H](C)O)NC(=O)[C@H](CCN)NC(=O)[C@H](CCN)NC(=O)[C@H](CC(C)C)NC(=O)[C@@H](Cc2ccccc2)NC(=O)[C@H](CCN)NC1=O)[C@@H](C)O. The van der Waals surface area contributed by atoms with Crippen LogP contribution in [0.3, 0.4) is 0 Å². The van der Waals surface area contributed by atoms with Gasteiger partial charge in [0.15, 0.2) is 0 Å². The molecule has 1 aliphatic heterocycles. The Kier molecular flexibility index (Phi) is 36.2. The van der Waals surface area contributed by atoms with E-state index in [4.69, 9.17) is 22.9 Å². The highest BCUT2D eigenvalue weighted by Crippen LogP contribution is 2.14. The number of benzene rings is 1. The average molecular weight is 1230 g/mol. The summed E-state index contributed by atoms with van der Waals surface area (Å²) in [5.41, 5.74) is 24.2. The van der Waals surface area contributed by atoms with E-state index in [0.29, 0.717) is 31.0 Å². The number of hydrogen-bond acceptors (Lipinski definition) is 18. The fourth-order valence-electron chi connectivity index (χ4n) is 9.38. The van der Waals surface area contributed by atoms with E-state index in [0.717, 1.165) is 19.3 Å². The topological polar surface area (TPSA) is 477 Å². The van der Waals surface area contributed by atoms with Gasteiger partial charge in [0.25, 0.3) is 0 Å². The van der Waals surface area contributed by atoms with Crippen LogP contribution in [-0.2, 0) is 59.2 Å². The van der Waals surface area contributed by atoms with E-state index in [1.807, 2.05) is 6.92 Å². The Bertz CT molecular complexity index is 2350. The highest BCUT2D eigenvalue weighted by atomic mass is 16.3. The number of aliphatic hydroxyl groups excluding tert-OH is 2. The third kappa shape index (κ3) is 28.2. The second-order valence-electron chi connectivity index (χ2n) is 22.6. The van der Waals surface area contributed by atoms with Crippen molar-refractivity contribution in [3.8, 4) is 0 Å². The highest BCUT2D eigenvalue weighted by molar-refractivity contribution is 5.99. The molecule has 29 heteroatoms. The molecule has 1 heterocycles. The first-order valence-corrected chi connectivity index (χ1v) is 30.6. The number of nitrogens with two attached hydrogens (primary N) is 4. The number of hydrogen-bond donors (Lipinski definition) is 18. The Morgan fingerprint density at radius 3 is 1.64 bits per heavy atom. The summed E-state index contributed by atoms with van der Waals surface area (Å²) < 4.78 is 0. The number of unbranched alkanes of at least 4 members (excludes halogenated alkanes) is 1. The molecular weight excluding hydrogens is 1130 g/mol. The molecule has 0 spiro atoms. The fourth-order valence-corrected chi connectivity index (χ4v) is 9.38. The van der Waals surface area contributed by atoms with Crippen molar-refractivity contribution >= 4 is 65.0 Å². The van der Waals surface area contributed by atoms with E-state index in [9.17, 15) is 63.0 Å². The van der Waals surface area contributed by atoms with Gasteiger partial charge in [-0.05, 0) is 122 Å². The van der Waals surface area contributed by atoms with Crippen LogP contribution in [0.15, 0.2) is 30.3 Å². The summed E-state index contributed by atoms with van der Waals surface area (Å²) in [6.45, 7) is 11.9. The van der Waals surface area contributed by atoms with Gasteiger partial charge in [0.2, 0.25) is 65.0 Å². The molecule has 87 heavy (non-hydrogen) atoms. The number of rotatable bonds is 31. The van der Waals surface area contributed by atoms with Gasteiger partial charge >= 0.3 is 0 Å². The van der Waals surface area contributed by atoms with Crippen molar-refractivity contribution in [3.63, 3.8) is 0 Å². The van der Waals surface area contributed by atoms with Gasteiger partial charge in [-0.1, -0.05) is 84.2 Å². The van der Waals surface area contributed by atoms with Crippen LogP contribution in [0.1, 0.15) is 131 Å². The van der Waals surface area contributed by atoms with Crippen LogP contribution < -0.4 is 86.7 Å². The lowest BCUT2D eigenvalue weighted by Crippen LogP contribution is -2.62. The molecule has 22 N–H and O–H groups in total. The van der Waals surface area contributed by atoms with Crippen LogP contribution >= 0.6 is 0 Å². The van der Waals surface area contributed by atoms with Crippen molar-refractivity contribution in [2.24, 2.45) is 34.8 Å². The molecule has 11 amide bonds. The molecule has 0 saturated carbocycles. The molecule has 0 radical (unpaired) electrons. The van der Waals surface area contributed by atoms with E-state index in [-0.39, 0.29) is 89.4 Å². The lowest BCUT2D eigenvalue weighted by Gasteiger charge is -2.29. The molecule has 1 aromatic rings. The van der Waals surface area contributed by atoms with Crippen LogP contribution in [0.5, 0.6) is 0 Å². The first-order chi connectivity index (χ1) is 41.3. The molecule has 0 bridgehead atoms. The normalized spacial score (nSPS) is 22.6. The summed E-state index contributed by atoms with van der Waals surface area (Å²) in [6, 6.07) is -6.10. The fraction of sp³-hybridized carbons (Fsp3) is 0.707. The maximum absolute atomic E-state index is 14.6. The van der Waals surface area contributed by atoms with Crippen LogP contribution in [0.25, 0.3) is 0 Å². The summed E-state index contributed by atoms with van der Waals surface area (Å²) in [5, 5.41) is 53.2. The number of nitrogens with one attached hydrogen (secondary N) is 12. The number of carbonyl (C=O) groups is 11. The average Bonchev–Trinajstić information content (AvgIpc) is 2.76. The predicted molar refractivity (Wildman–Crippen MR) is 326 cm³/mol. The zero-order valence-corrected chi connectivity index (χ0v) is 51.8. The maximum atomic E-state index is 14.6. The summed E-state index contributed by atoms with van der Waals surface area (Å²) in [6.07, 6.45) is -0.784. The summed E-state index contributed by atoms with van der Waals surface area (Å²) >= 11 is 0. The van der Waals surface area contributed by atoms with Gasteiger partial charge in [0, 0.05) is 19.4 Å². The Morgan fingerprint density at radius 1 is 0.586 bits per heavy atom. The molecule has 1 aromatic carbocycles. The molecule has 0 aliphatic carbocycles. The first-order valence-electron chi connectivity index (χ1n) is 30.6. The van der Waals surface area contributed by atoms with Gasteiger partial charge in [-0.3, -0.25) is 52.7 Å². The van der Waals surface area contributed by atoms with Crippen molar-refractivity contribution in [1.82, 2.24) is 63.8 Å². The van der Waals surface area contributed by atoms with Crippen LogP contribution in [0.2, 0.25) is 0 Å². The quantitative estimate of drug-likeness (QED) is 0.0311. The standard InChI is InChI=1S/C58H102N16O13/c1-8-34(5)15-13-14-18-46(77)65-42(23-29-63-9-2)54(83)74-48(36(7)76)58(87)70-40(21-27-61)50(79)69-43-24-30-64-57(86)47(35(6)75)73-53(82)41(22-28-62)67-49(78)38(19-25-59)68-55(84)44(31-33(3)4)71-56(85)45(32-37-16-11-10-12-17-37)72-51(80)39(20-26-60)66-52(43)81/h10-12,16-17,33-36,38-45,47-48,63,75-76H,8-9,13-15,18-32,59-62H2,1-7H3,(H,64,86)(H,65,77)(H,66,81)(H,67,78)(H,68,84)(H,69,79)(H,70,87)(H,71,85)(H,72,80)(H,73,82)(H,74,83)/t34?,35-,36-,38+,39+,40+,41+,42+,43+,44+,45-,47+,48+/m1/s1. The summed E-state index contributed by atoms with van der Waals surface area (Å²) in [5.74, 6) is -9.28. The van der Waals surface area contributed by atoms with E-state index < -0.39 is 145 Å². The van der Waals surface area contributed by atoms with Crippen molar-refractivity contribution in [2.45, 2.75) is 205 Å². The molecule has 1 saturated heterocycles.